The average Bonchev–Trinajstić information content (AvgIpc) is 2.63. The molecule has 16 heavy (non-hydrogen) atoms. The summed E-state index contributed by atoms with van der Waals surface area (Å²) < 4.78 is 1.84. The van der Waals surface area contributed by atoms with Gasteiger partial charge in [0, 0.05) is 31.5 Å². The van der Waals surface area contributed by atoms with E-state index in [2.05, 4.69) is 4.98 Å². The zero-order chi connectivity index (χ0) is 12.1. The molecule has 90 valence electrons. The predicted molar refractivity (Wildman–Crippen MR) is 58.9 cm³/mol. The number of carbonyl (C=O) groups is 1. The van der Waals surface area contributed by atoms with Crippen LogP contribution in [0, 0.1) is 11.8 Å². The third-order valence-electron chi connectivity index (χ3n) is 2.95. The fourth-order valence-electron chi connectivity index (χ4n) is 1.89. The van der Waals surface area contributed by atoms with Crippen molar-refractivity contribution in [3.63, 3.8) is 0 Å². The number of aryl methyl sites for hydroxylation is 1. The molecule has 0 bridgehead atoms. The van der Waals surface area contributed by atoms with Gasteiger partial charge in [0.25, 0.3) is 0 Å². The number of nitrogens with zero attached hydrogens (tertiary/aromatic N) is 2. The SMILES string of the molecule is CC[C@@H](C(=O)O)[C@H](CO)Cc1cncn1C. The molecule has 0 radical (unpaired) electrons. The molecule has 0 saturated carbocycles. The molecule has 0 aliphatic heterocycles. The molecular weight excluding hydrogens is 208 g/mol. The Bertz CT molecular complexity index is 349. The van der Waals surface area contributed by atoms with E-state index < -0.39 is 11.9 Å². The fraction of sp³-hybridized carbons (Fsp3) is 0.636. The van der Waals surface area contributed by atoms with Crippen molar-refractivity contribution in [2.75, 3.05) is 6.61 Å². The lowest BCUT2D eigenvalue weighted by Gasteiger charge is -2.20. The van der Waals surface area contributed by atoms with Crippen LogP contribution in [0.5, 0.6) is 0 Å². The number of carboxylic acid groups (broad SMARTS) is 1. The maximum Gasteiger partial charge on any atom is 0.306 e. The lowest BCUT2D eigenvalue weighted by molar-refractivity contribution is -0.144. The van der Waals surface area contributed by atoms with Gasteiger partial charge >= 0.3 is 5.97 Å². The summed E-state index contributed by atoms with van der Waals surface area (Å²) in [6, 6.07) is 0. The molecule has 2 atom stereocenters. The van der Waals surface area contributed by atoms with Gasteiger partial charge in [-0.3, -0.25) is 4.79 Å². The second-order valence-electron chi connectivity index (χ2n) is 4.00. The van der Waals surface area contributed by atoms with Crippen molar-refractivity contribution in [1.82, 2.24) is 9.55 Å². The van der Waals surface area contributed by atoms with Gasteiger partial charge in [0.05, 0.1) is 12.2 Å². The first kappa shape index (κ1) is 12.7. The fourth-order valence-corrected chi connectivity index (χ4v) is 1.89. The van der Waals surface area contributed by atoms with Gasteiger partial charge in [0.1, 0.15) is 0 Å². The zero-order valence-corrected chi connectivity index (χ0v) is 9.63. The van der Waals surface area contributed by atoms with Crippen LogP contribution in [-0.2, 0) is 18.3 Å². The van der Waals surface area contributed by atoms with Crippen molar-refractivity contribution in [3.05, 3.63) is 18.2 Å². The Kier molecular flexibility index (Phi) is 4.49. The van der Waals surface area contributed by atoms with Gasteiger partial charge in [-0.15, -0.1) is 0 Å². The van der Waals surface area contributed by atoms with Gasteiger partial charge in [0.15, 0.2) is 0 Å². The number of imidazole rings is 1. The second-order valence-corrected chi connectivity index (χ2v) is 4.00. The van der Waals surface area contributed by atoms with E-state index in [9.17, 15) is 9.90 Å². The molecule has 1 aromatic rings. The summed E-state index contributed by atoms with van der Waals surface area (Å²) in [6.45, 7) is 1.71. The highest BCUT2D eigenvalue weighted by molar-refractivity contribution is 5.70. The van der Waals surface area contributed by atoms with Gasteiger partial charge < -0.3 is 14.8 Å². The monoisotopic (exact) mass is 226 g/mol. The van der Waals surface area contributed by atoms with Crippen LogP contribution in [0.2, 0.25) is 0 Å². The summed E-state index contributed by atoms with van der Waals surface area (Å²) in [5, 5.41) is 18.3. The van der Waals surface area contributed by atoms with E-state index in [1.807, 2.05) is 18.5 Å². The molecule has 2 N–H and O–H groups in total. The van der Waals surface area contributed by atoms with Crippen LogP contribution in [0.25, 0.3) is 0 Å². The molecule has 0 fully saturated rings. The highest BCUT2D eigenvalue weighted by Gasteiger charge is 2.26. The Morgan fingerprint density at radius 3 is 2.69 bits per heavy atom. The van der Waals surface area contributed by atoms with E-state index >= 15 is 0 Å². The minimum absolute atomic E-state index is 0.115. The molecule has 0 amide bonds. The van der Waals surface area contributed by atoms with Gasteiger partial charge in [-0.1, -0.05) is 6.92 Å². The topological polar surface area (TPSA) is 75.3 Å². The van der Waals surface area contributed by atoms with E-state index in [-0.39, 0.29) is 12.5 Å². The number of rotatable bonds is 6. The van der Waals surface area contributed by atoms with Crippen LogP contribution in [0.4, 0.5) is 0 Å². The number of aliphatic carboxylic acids is 1. The van der Waals surface area contributed by atoms with Gasteiger partial charge in [-0.2, -0.15) is 0 Å². The zero-order valence-electron chi connectivity index (χ0n) is 9.63. The third-order valence-corrected chi connectivity index (χ3v) is 2.95. The highest BCUT2D eigenvalue weighted by Crippen LogP contribution is 2.20. The van der Waals surface area contributed by atoms with Crippen molar-refractivity contribution in [2.45, 2.75) is 19.8 Å². The lowest BCUT2D eigenvalue weighted by atomic mass is 9.87. The van der Waals surface area contributed by atoms with E-state index in [1.54, 1.807) is 12.5 Å². The molecule has 0 aliphatic rings. The number of aliphatic hydroxyl groups excluding tert-OH is 1. The van der Waals surface area contributed by atoms with Gasteiger partial charge in [0.2, 0.25) is 0 Å². The van der Waals surface area contributed by atoms with Crippen LogP contribution in [0.1, 0.15) is 19.0 Å². The Balaban J connectivity index is 2.75. The van der Waals surface area contributed by atoms with Crippen molar-refractivity contribution in [2.24, 2.45) is 18.9 Å². The van der Waals surface area contributed by atoms with Crippen LogP contribution in [0.3, 0.4) is 0 Å². The van der Waals surface area contributed by atoms with Crippen molar-refractivity contribution < 1.29 is 15.0 Å². The van der Waals surface area contributed by atoms with E-state index in [0.29, 0.717) is 12.8 Å². The summed E-state index contributed by atoms with van der Waals surface area (Å²) in [5.74, 6) is -1.60. The van der Waals surface area contributed by atoms with Crippen LogP contribution < -0.4 is 0 Å². The Hall–Kier alpha value is -1.36. The number of hydrogen-bond acceptors (Lipinski definition) is 3. The molecule has 0 spiro atoms. The summed E-state index contributed by atoms with van der Waals surface area (Å²) in [7, 11) is 1.86. The molecule has 1 rings (SSSR count). The lowest BCUT2D eigenvalue weighted by Crippen LogP contribution is -2.28. The normalized spacial score (nSPS) is 14.7. The maximum atomic E-state index is 11.0. The third kappa shape index (κ3) is 2.82. The molecular formula is C11H18N2O3. The quantitative estimate of drug-likeness (QED) is 0.748. The Morgan fingerprint density at radius 2 is 2.31 bits per heavy atom. The van der Waals surface area contributed by atoms with Crippen molar-refractivity contribution >= 4 is 5.97 Å². The Labute approximate surface area is 94.7 Å². The van der Waals surface area contributed by atoms with Gasteiger partial charge in [-0.05, 0) is 12.8 Å². The first-order chi connectivity index (χ1) is 7.60. The standard InChI is InChI=1S/C11H18N2O3/c1-3-10(11(15)16)8(6-14)4-9-5-12-7-13(9)2/h5,7-8,10,14H,3-4,6H2,1-2H3,(H,15,16)/t8-,10+/m0/s1. The average molecular weight is 226 g/mol. The summed E-state index contributed by atoms with van der Waals surface area (Å²) in [4.78, 5) is 15.0. The number of carboxylic acids is 1. The number of aromatic nitrogens is 2. The largest absolute Gasteiger partial charge is 0.481 e. The van der Waals surface area contributed by atoms with Crippen LogP contribution in [-0.4, -0.2) is 32.3 Å². The number of aliphatic hydroxyl groups is 1. The molecule has 5 heteroatoms. The van der Waals surface area contributed by atoms with Crippen molar-refractivity contribution in [3.8, 4) is 0 Å². The van der Waals surface area contributed by atoms with Gasteiger partial charge in [-0.25, -0.2) is 4.98 Å². The first-order valence-corrected chi connectivity index (χ1v) is 5.39. The smallest absolute Gasteiger partial charge is 0.306 e. The first-order valence-electron chi connectivity index (χ1n) is 5.39. The summed E-state index contributed by atoms with van der Waals surface area (Å²) in [5.41, 5.74) is 0.943. The molecule has 1 heterocycles. The number of hydrogen-bond donors (Lipinski definition) is 2. The minimum atomic E-state index is -0.844. The second kappa shape index (κ2) is 5.65. The van der Waals surface area contributed by atoms with Crippen molar-refractivity contribution in [1.29, 1.82) is 0 Å². The summed E-state index contributed by atoms with van der Waals surface area (Å²) >= 11 is 0. The molecule has 0 aromatic carbocycles. The minimum Gasteiger partial charge on any atom is -0.481 e. The summed E-state index contributed by atoms with van der Waals surface area (Å²) in [6.07, 6.45) is 4.44. The van der Waals surface area contributed by atoms with E-state index in [4.69, 9.17) is 5.11 Å². The molecule has 0 unspecified atom stereocenters. The maximum absolute atomic E-state index is 11.0. The molecule has 5 nitrogen and oxygen atoms in total. The molecule has 0 aliphatic carbocycles. The predicted octanol–water partition coefficient (Wildman–Crippen LogP) is 0.682. The highest BCUT2D eigenvalue weighted by atomic mass is 16.4. The van der Waals surface area contributed by atoms with E-state index in [0.717, 1.165) is 5.69 Å². The Morgan fingerprint density at radius 1 is 1.62 bits per heavy atom. The van der Waals surface area contributed by atoms with Crippen LogP contribution in [0.15, 0.2) is 12.5 Å². The molecule has 0 saturated heterocycles. The van der Waals surface area contributed by atoms with E-state index in [1.165, 1.54) is 0 Å². The van der Waals surface area contributed by atoms with Crippen LogP contribution >= 0.6 is 0 Å². The molecule has 1 aromatic heterocycles.